The average Bonchev–Trinajstić information content (AvgIpc) is 3.34. The highest BCUT2D eigenvalue weighted by Crippen LogP contribution is 2.38. The maximum atomic E-state index is 11.2. The number of ether oxygens (including phenoxy) is 3. The Morgan fingerprint density at radius 3 is 2.08 bits per heavy atom. The third kappa shape index (κ3) is 7.55. The van der Waals surface area contributed by atoms with E-state index in [9.17, 15) is 4.79 Å². The Labute approximate surface area is 227 Å². The van der Waals surface area contributed by atoms with Crippen molar-refractivity contribution in [3.05, 3.63) is 76.3 Å². The molecule has 0 aliphatic heterocycles. The van der Waals surface area contributed by atoms with Crippen LogP contribution in [0.2, 0.25) is 10.0 Å². The van der Waals surface area contributed by atoms with E-state index in [2.05, 4.69) is 25.8 Å². The number of imidazole rings is 1. The van der Waals surface area contributed by atoms with Gasteiger partial charge >= 0.3 is 5.97 Å². The van der Waals surface area contributed by atoms with Crippen LogP contribution < -0.4 is 9.47 Å². The van der Waals surface area contributed by atoms with Crippen LogP contribution in [0.15, 0.2) is 55.1 Å². The topological polar surface area (TPSA) is 62.6 Å². The number of halogens is 3. The van der Waals surface area contributed by atoms with Crippen molar-refractivity contribution >= 4 is 40.8 Å². The van der Waals surface area contributed by atoms with Gasteiger partial charge in [-0.1, -0.05) is 56.1 Å². The molecule has 0 saturated heterocycles. The zero-order chi connectivity index (χ0) is 26.3. The fraction of sp³-hybridized carbons (Fsp3) is 0.407. The van der Waals surface area contributed by atoms with Gasteiger partial charge in [0.1, 0.15) is 24.2 Å². The quantitative estimate of drug-likeness (QED) is 0.183. The Balaban J connectivity index is 1.66. The van der Waals surface area contributed by atoms with Crippen molar-refractivity contribution in [2.75, 3.05) is 19.1 Å². The first-order chi connectivity index (χ1) is 17.1. The van der Waals surface area contributed by atoms with E-state index in [1.807, 2.05) is 41.1 Å². The molecule has 194 valence electrons. The van der Waals surface area contributed by atoms with Crippen LogP contribution in [0.25, 0.3) is 0 Å². The maximum Gasteiger partial charge on any atom is 0.303 e. The summed E-state index contributed by atoms with van der Waals surface area (Å²) < 4.78 is 18.9. The molecule has 9 heteroatoms. The molecular weight excluding hydrogens is 523 g/mol. The molecule has 0 spiro atoms. The summed E-state index contributed by atoms with van der Waals surface area (Å²) in [5.74, 6) is 1.16. The van der Waals surface area contributed by atoms with E-state index >= 15 is 0 Å². The molecule has 0 saturated carbocycles. The Bertz CT molecular complexity index is 1150. The molecule has 2 atom stereocenters. The predicted molar refractivity (Wildman–Crippen MR) is 144 cm³/mol. The molecular formula is C27H31Cl3N2O4. The van der Waals surface area contributed by atoms with Gasteiger partial charge in [0, 0.05) is 37.2 Å². The molecule has 0 N–H and O–H groups in total. The van der Waals surface area contributed by atoms with Gasteiger partial charge in [-0.3, -0.25) is 4.79 Å². The number of carbonyl (C=O) groups excluding carboxylic acids is 1. The molecule has 0 aliphatic carbocycles. The minimum atomic E-state index is -0.548. The fourth-order valence-electron chi connectivity index (χ4n) is 3.75. The molecule has 1 aromatic heterocycles. The highest BCUT2D eigenvalue weighted by molar-refractivity contribution is 6.32. The van der Waals surface area contributed by atoms with Crippen LogP contribution in [0, 0.1) is 5.92 Å². The van der Waals surface area contributed by atoms with Gasteiger partial charge in [0.05, 0.1) is 28.9 Å². The number of aromatic nitrogens is 2. The van der Waals surface area contributed by atoms with E-state index in [-0.39, 0.29) is 17.9 Å². The summed E-state index contributed by atoms with van der Waals surface area (Å²) in [6.07, 6.45) is 4.95. The van der Waals surface area contributed by atoms with Crippen LogP contribution in [0.3, 0.4) is 0 Å². The number of benzene rings is 2. The summed E-state index contributed by atoms with van der Waals surface area (Å²) in [7, 11) is 0. The summed E-state index contributed by atoms with van der Waals surface area (Å²) in [4.78, 5) is 15.2. The molecule has 36 heavy (non-hydrogen) atoms. The number of alkyl halides is 1. The van der Waals surface area contributed by atoms with Crippen molar-refractivity contribution in [3.8, 4) is 11.5 Å². The third-order valence-corrected chi connectivity index (χ3v) is 6.78. The summed E-state index contributed by atoms with van der Waals surface area (Å²) in [5.41, 5.74) is 1.63. The molecule has 6 nitrogen and oxygen atoms in total. The Hall–Kier alpha value is -2.41. The molecule has 3 rings (SSSR count). The SMILES string of the molecule is CC(=O)O[C@@H](CCl)COc1ccc(C(C)(C)c2ccc(OC[C@H](C)Cn3ccnc3)c(Cl)c2)cc1Cl. The van der Waals surface area contributed by atoms with Gasteiger partial charge in [0.2, 0.25) is 0 Å². The molecule has 2 aromatic carbocycles. The largest absolute Gasteiger partial charge is 0.492 e. The van der Waals surface area contributed by atoms with Crippen LogP contribution in [0.5, 0.6) is 11.5 Å². The second-order valence-electron chi connectivity index (χ2n) is 9.29. The summed E-state index contributed by atoms with van der Waals surface area (Å²) >= 11 is 19.0. The smallest absolute Gasteiger partial charge is 0.303 e. The zero-order valence-corrected chi connectivity index (χ0v) is 23.1. The highest BCUT2D eigenvalue weighted by atomic mass is 35.5. The highest BCUT2D eigenvalue weighted by Gasteiger charge is 2.25. The van der Waals surface area contributed by atoms with E-state index in [1.54, 1.807) is 18.6 Å². The molecule has 0 bridgehead atoms. The van der Waals surface area contributed by atoms with Gasteiger partial charge in [0.15, 0.2) is 0 Å². The first-order valence-corrected chi connectivity index (χ1v) is 12.9. The average molecular weight is 554 g/mol. The van der Waals surface area contributed by atoms with Crippen LogP contribution in [0.1, 0.15) is 38.8 Å². The first-order valence-electron chi connectivity index (χ1n) is 11.6. The number of rotatable bonds is 12. The number of esters is 1. The van der Waals surface area contributed by atoms with E-state index in [1.165, 1.54) is 6.92 Å². The first kappa shape index (κ1) is 28.2. The molecule has 1 heterocycles. The van der Waals surface area contributed by atoms with Crippen LogP contribution >= 0.6 is 34.8 Å². The number of hydrogen-bond donors (Lipinski definition) is 0. The van der Waals surface area contributed by atoms with Gasteiger partial charge in [0.25, 0.3) is 0 Å². The molecule has 0 unspecified atom stereocenters. The second kappa shape index (κ2) is 12.7. The van der Waals surface area contributed by atoms with Crippen LogP contribution in [-0.2, 0) is 21.5 Å². The van der Waals surface area contributed by atoms with E-state index < -0.39 is 12.1 Å². The summed E-state index contributed by atoms with van der Waals surface area (Å²) in [6, 6.07) is 11.5. The Morgan fingerprint density at radius 1 is 1.03 bits per heavy atom. The third-order valence-electron chi connectivity index (χ3n) is 5.84. The lowest BCUT2D eigenvalue weighted by Crippen LogP contribution is -2.25. The van der Waals surface area contributed by atoms with E-state index in [4.69, 9.17) is 49.0 Å². The molecule has 0 amide bonds. The van der Waals surface area contributed by atoms with Crippen LogP contribution in [0.4, 0.5) is 0 Å². The van der Waals surface area contributed by atoms with Gasteiger partial charge in [-0.25, -0.2) is 4.98 Å². The van der Waals surface area contributed by atoms with Crippen molar-refractivity contribution < 1.29 is 19.0 Å². The van der Waals surface area contributed by atoms with Crippen molar-refractivity contribution in [1.29, 1.82) is 0 Å². The Morgan fingerprint density at radius 2 is 1.61 bits per heavy atom. The minimum absolute atomic E-state index is 0.115. The molecule has 0 radical (unpaired) electrons. The second-order valence-corrected chi connectivity index (χ2v) is 10.4. The van der Waals surface area contributed by atoms with E-state index in [0.29, 0.717) is 34.1 Å². The van der Waals surface area contributed by atoms with Gasteiger partial charge in [-0.15, -0.1) is 11.6 Å². The molecule has 0 aliphatic rings. The summed E-state index contributed by atoms with van der Waals surface area (Å²) in [6.45, 7) is 9.13. The monoisotopic (exact) mass is 552 g/mol. The zero-order valence-electron chi connectivity index (χ0n) is 20.8. The molecule has 3 aromatic rings. The van der Waals surface area contributed by atoms with Gasteiger partial charge in [-0.05, 0) is 35.4 Å². The normalized spacial score (nSPS) is 13.2. The standard InChI is InChI=1S/C27H31Cl3N2O4/c1-18(14-32-10-9-31-17-32)15-34-25-7-5-20(11-23(25)29)27(3,4)21-6-8-26(24(30)12-21)35-16-22(13-28)36-19(2)33/h5-12,17-18,22H,13-16H2,1-4H3/t18-,22+/m1/s1. The minimum Gasteiger partial charge on any atom is -0.492 e. The van der Waals surface area contributed by atoms with E-state index in [0.717, 1.165) is 17.7 Å². The lowest BCUT2D eigenvalue weighted by molar-refractivity contribution is -0.146. The lowest BCUT2D eigenvalue weighted by Gasteiger charge is -2.27. The van der Waals surface area contributed by atoms with Crippen LogP contribution in [-0.4, -0.2) is 40.7 Å². The maximum absolute atomic E-state index is 11.2. The number of nitrogens with zero attached hydrogens (tertiary/aromatic N) is 2. The van der Waals surface area contributed by atoms with Crippen molar-refractivity contribution in [2.45, 2.75) is 45.8 Å². The van der Waals surface area contributed by atoms with Gasteiger partial charge < -0.3 is 18.8 Å². The number of carbonyl (C=O) groups is 1. The van der Waals surface area contributed by atoms with Crippen molar-refractivity contribution in [3.63, 3.8) is 0 Å². The number of hydrogen-bond acceptors (Lipinski definition) is 5. The fourth-order valence-corrected chi connectivity index (χ4v) is 4.37. The van der Waals surface area contributed by atoms with Gasteiger partial charge in [-0.2, -0.15) is 0 Å². The predicted octanol–water partition coefficient (Wildman–Crippen LogP) is 6.78. The molecule has 0 fully saturated rings. The van der Waals surface area contributed by atoms with Crippen molar-refractivity contribution in [1.82, 2.24) is 9.55 Å². The summed E-state index contributed by atoms with van der Waals surface area (Å²) in [5, 5.41) is 1.01. The Kier molecular flexibility index (Phi) is 9.94. The van der Waals surface area contributed by atoms with Crippen molar-refractivity contribution in [2.24, 2.45) is 5.92 Å². The lowest BCUT2D eigenvalue weighted by atomic mass is 9.78.